The molecule has 0 bridgehead atoms. The summed E-state index contributed by atoms with van der Waals surface area (Å²) in [5, 5.41) is 2.30. The Bertz CT molecular complexity index is 880. The van der Waals surface area contributed by atoms with Gasteiger partial charge in [-0.2, -0.15) is 0 Å². The SMILES string of the molecule is C=C(C#Cc1ccc2cc(OC)ccc2c1)c1ccccc1. The van der Waals surface area contributed by atoms with E-state index in [1.54, 1.807) is 7.11 Å². The van der Waals surface area contributed by atoms with E-state index < -0.39 is 0 Å². The molecule has 0 fully saturated rings. The Kier molecular flexibility index (Phi) is 3.94. The van der Waals surface area contributed by atoms with Crippen LogP contribution in [0, 0.1) is 11.8 Å². The quantitative estimate of drug-likeness (QED) is 0.607. The summed E-state index contributed by atoms with van der Waals surface area (Å²) < 4.78 is 5.24. The van der Waals surface area contributed by atoms with E-state index in [0.717, 1.165) is 33.2 Å². The van der Waals surface area contributed by atoms with Gasteiger partial charge >= 0.3 is 0 Å². The minimum absolute atomic E-state index is 0.829. The fraction of sp³-hybridized carbons (Fsp3) is 0.0476. The highest BCUT2D eigenvalue weighted by Gasteiger charge is 1.98. The second kappa shape index (κ2) is 6.20. The third-order valence-electron chi connectivity index (χ3n) is 3.53. The molecular weight excluding hydrogens is 268 g/mol. The molecule has 106 valence electrons. The second-order valence-corrected chi connectivity index (χ2v) is 5.02. The normalized spacial score (nSPS) is 9.86. The van der Waals surface area contributed by atoms with Gasteiger partial charge in [-0.05, 0) is 40.6 Å². The van der Waals surface area contributed by atoms with Crippen LogP contribution in [0.5, 0.6) is 5.75 Å². The van der Waals surface area contributed by atoms with Crippen LogP contribution in [-0.4, -0.2) is 7.11 Å². The molecule has 0 aliphatic carbocycles. The summed E-state index contributed by atoms with van der Waals surface area (Å²) in [7, 11) is 1.68. The highest BCUT2D eigenvalue weighted by atomic mass is 16.5. The van der Waals surface area contributed by atoms with Crippen molar-refractivity contribution < 1.29 is 4.74 Å². The lowest BCUT2D eigenvalue weighted by molar-refractivity contribution is 0.415. The van der Waals surface area contributed by atoms with Gasteiger partial charge in [-0.25, -0.2) is 0 Å². The van der Waals surface area contributed by atoms with Crippen molar-refractivity contribution in [3.8, 4) is 17.6 Å². The van der Waals surface area contributed by atoms with E-state index in [-0.39, 0.29) is 0 Å². The van der Waals surface area contributed by atoms with E-state index in [2.05, 4.69) is 30.6 Å². The highest BCUT2D eigenvalue weighted by molar-refractivity contribution is 5.86. The van der Waals surface area contributed by atoms with Crippen LogP contribution in [0.2, 0.25) is 0 Å². The molecule has 0 saturated heterocycles. The maximum Gasteiger partial charge on any atom is 0.119 e. The molecule has 0 aromatic heterocycles. The first-order valence-electron chi connectivity index (χ1n) is 7.10. The molecule has 3 aromatic rings. The van der Waals surface area contributed by atoms with E-state index in [1.165, 1.54) is 0 Å². The van der Waals surface area contributed by atoms with Crippen LogP contribution in [0.4, 0.5) is 0 Å². The molecule has 0 radical (unpaired) electrons. The highest BCUT2D eigenvalue weighted by Crippen LogP contribution is 2.21. The smallest absolute Gasteiger partial charge is 0.119 e. The zero-order valence-corrected chi connectivity index (χ0v) is 12.5. The molecule has 0 atom stereocenters. The van der Waals surface area contributed by atoms with Crippen molar-refractivity contribution in [1.29, 1.82) is 0 Å². The molecule has 0 N–H and O–H groups in total. The summed E-state index contributed by atoms with van der Waals surface area (Å²) in [6.07, 6.45) is 0. The van der Waals surface area contributed by atoms with Gasteiger partial charge in [0, 0.05) is 11.1 Å². The van der Waals surface area contributed by atoms with Crippen LogP contribution in [0.1, 0.15) is 11.1 Å². The van der Waals surface area contributed by atoms with Crippen LogP contribution >= 0.6 is 0 Å². The fourth-order valence-electron chi connectivity index (χ4n) is 2.29. The molecular formula is C21H16O. The van der Waals surface area contributed by atoms with Crippen molar-refractivity contribution in [2.75, 3.05) is 7.11 Å². The Morgan fingerprint density at radius 3 is 2.41 bits per heavy atom. The summed E-state index contributed by atoms with van der Waals surface area (Å²) in [6.45, 7) is 4.03. The average molecular weight is 284 g/mol. The maximum absolute atomic E-state index is 5.24. The van der Waals surface area contributed by atoms with Gasteiger partial charge in [0.1, 0.15) is 5.75 Å². The predicted molar refractivity (Wildman–Crippen MR) is 92.9 cm³/mol. The Morgan fingerprint density at radius 2 is 1.64 bits per heavy atom. The van der Waals surface area contributed by atoms with Crippen molar-refractivity contribution in [2.45, 2.75) is 0 Å². The third-order valence-corrected chi connectivity index (χ3v) is 3.53. The van der Waals surface area contributed by atoms with Gasteiger partial charge in [0.2, 0.25) is 0 Å². The first kappa shape index (κ1) is 14.0. The number of benzene rings is 3. The molecule has 0 unspecified atom stereocenters. The Morgan fingerprint density at radius 1 is 0.909 bits per heavy atom. The monoisotopic (exact) mass is 284 g/mol. The Hall–Kier alpha value is -2.98. The maximum atomic E-state index is 5.24. The Balaban J connectivity index is 1.89. The largest absolute Gasteiger partial charge is 0.497 e. The molecule has 22 heavy (non-hydrogen) atoms. The van der Waals surface area contributed by atoms with Gasteiger partial charge in [-0.3, -0.25) is 0 Å². The number of allylic oxidation sites excluding steroid dienone is 1. The van der Waals surface area contributed by atoms with E-state index in [0.29, 0.717) is 0 Å². The molecule has 3 rings (SSSR count). The van der Waals surface area contributed by atoms with Gasteiger partial charge in [-0.15, -0.1) is 0 Å². The van der Waals surface area contributed by atoms with Crippen LogP contribution in [-0.2, 0) is 0 Å². The summed E-state index contributed by atoms with van der Waals surface area (Å²) in [5.74, 6) is 7.18. The summed E-state index contributed by atoms with van der Waals surface area (Å²) in [5.41, 5.74) is 2.87. The second-order valence-electron chi connectivity index (χ2n) is 5.02. The van der Waals surface area contributed by atoms with E-state index in [9.17, 15) is 0 Å². The van der Waals surface area contributed by atoms with Gasteiger partial charge in [0.25, 0.3) is 0 Å². The first-order chi connectivity index (χ1) is 10.8. The molecule has 0 saturated carbocycles. The van der Waals surface area contributed by atoms with Crippen LogP contribution in [0.15, 0.2) is 73.3 Å². The number of hydrogen-bond donors (Lipinski definition) is 0. The third kappa shape index (κ3) is 3.02. The van der Waals surface area contributed by atoms with E-state index in [4.69, 9.17) is 4.74 Å². The van der Waals surface area contributed by atoms with E-state index in [1.807, 2.05) is 54.6 Å². The fourth-order valence-corrected chi connectivity index (χ4v) is 2.29. The first-order valence-corrected chi connectivity index (χ1v) is 7.10. The van der Waals surface area contributed by atoms with Crippen molar-refractivity contribution in [3.05, 3.63) is 84.4 Å². The molecule has 0 spiro atoms. The van der Waals surface area contributed by atoms with Gasteiger partial charge in [-0.1, -0.05) is 60.9 Å². The van der Waals surface area contributed by atoms with Gasteiger partial charge < -0.3 is 4.74 Å². The number of methoxy groups -OCH3 is 1. The lowest BCUT2D eigenvalue weighted by Gasteiger charge is -2.02. The average Bonchev–Trinajstić information content (AvgIpc) is 2.59. The number of fused-ring (bicyclic) bond motifs is 1. The summed E-state index contributed by atoms with van der Waals surface area (Å²) >= 11 is 0. The van der Waals surface area contributed by atoms with Crippen LogP contribution in [0.3, 0.4) is 0 Å². The van der Waals surface area contributed by atoms with Crippen molar-refractivity contribution >= 4 is 16.3 Å². The van der Waals surface area contributed by atoms with E-state index >= 15 is 0 Å². The van der Waals surface area contributed by atoms with Crippen molar-refractivity contribution in [2.24, 2.45) is 0 Å². The standard InChI is InChI=1S/C21H16O/c1-16(18-6-4-3-5-7-18)8-9-17-10-11-20-15-21(22-2)13-12-19(20)14-17/h3-7,10-15H,1H2,2H3. The lowest BCUT2D eigenvalue weighted by Crippen LogP contribution is -1.83. The predicted octanol–water partition coefficient (Wildman–Crippen LogP) is 4.91. The number of ether oxygens (including phenoxy) is 1. The lowest BCUT2D eigenvalue weighted by atomic mass is 10.1. The molecule has 0 aliphatic heterocycles. The zero-order chi connectivity index (χ0) is 15.4. The number of rotatable bonds is 2. The summed E-state index contributed by atoms with van der Waals surface area (Å²) in [4.78, 5) is 0. The zero-order valence-electron chi connectivity index (χ0n) is 12.5. The molecule has 0 heterocycles. The number of hydrogen-bond acceptors (Lipinski definition) is 1. The van der Waals surface area contributed by atoms with Crippen LogP contribution < -0.4 is 4.74 Å². The van der Waals surface area contributed by atoms with Crippen molar-refractivity contribution in [3.63, 3.8) is 0 Å². The Labute approximate surface area is 130 Å². The van der Waals surface area contributed by atoms with Gasteiger partial charge in [0.15, 0.2) is 0 Å². The molecule has 0 aliphatic rings. The molecule has 1 heteroatoms. The van der Waals surface area contributed by atoms with Crippen molar-refractivity contribution in [1.82, 2.24) is 0 Å². The summed E-state index contributed by atoms with van der Waals surface area (Å²) in [6, 6.07) is 22.2. The van der Waals surface area contributed by atoms with Crippen LogP contribution in [0.25, 0.3) is 16.3 Å². The topological polar surface area (TPSA) is 9.23 Å². The minimum atomic E-state index is 0.829. The minimum Gasteiger partial charge on any atom is -0.497 e. The molecule has 1 nitrogen and oxygen atoms in total. The molecule has 0 amide bonds. The molecule has 3 aromatic carbocycles. The van der Waals surface area contributed by atoms with Gasteiger partial charge in [0.05, 0.1) is 7.11 Å².